The van der Waals surface area contributed by atoms with Crippen LogP contribution in [0.2, 0.25) is 0 Å². The molecule has 27 heavy (non-hydrogen) atoms. The van der Waals surface area contributed by atoms with Crippen LogP contribution < -0.4 is 10.6 Å². The number of nitrogens with zero attached hydrogens (tertiary/aromatic N) is 2. The number of hydrogen-bond acceptors (Lipinski definition) is 4. The number of fused-ring (bicyclic) bond motifs is 1. The van der Waals surface area contributed by atoms with Crippen LogP contribution in [0.3, 0.4) is 0 Å². The van der Waals surface area contributed by atoms with Crippen molar-refractivity contribution in [2.45, 2.75) is 13.3 Å². The molecule has 6 nitrogen and oxygen atoms in total. The number of hydrogen-bond donors (Lipinski definition) is 2. The zero-order valence-corrected chi connectivity index (χ0v) is 14.8. The Kier molecular flexibility index (Phi) is 5.43. The van der Waals surface area contributed by atoms with Gasteiger partial charge in [0.1, 0.15) is 17.5 Å². The van der Waals surface area contributed by atoms with E-state index in [4.69, 9.17) is 0 Å². The Bertz CT molecular complexity index is 985. The minimum atomic E-state index is -0.469. The summed E-state index contributed by atoms with van der Waals surface area (Å²) < 4.78 is 0. The van der Waals surface area contributed by atoms with Crippen molar-refractivity contribution >= 4 is 23.3 Å². The molecule has 2 amide bonds. The maximum Gasteiger partial charge on any atom is 0.264 e. The first kappa shape index (κ1) is 18.1. The highest BCUT2D eigenvalue weighted by Crippen LogP contribution is 2.30. The minimum absolute atomic E-state index is 0.0696. The molecule has 2 aromatic carbocycles. The SMILES string of the molecule is CCCNC(=O)/C(C#N)=C1\N=C(NC(=O)c2ccccc2)c2ccccc21. The van der Waals surface area contributed by atoms with Crippen LogP contribution in [0.5, 0.6) is 0 Å². The molecule has 0 fully saturated rings. The third-order valence-electron chi connectivity index (χ3n) is 4.04. The molecular weight excluding hydrogens is 340 g/mol. The minimum Gasteiger partial charge on any atom is -0.351 e. The molecule has 134 valence electrons. The van der Waals surface area contributed by atoms with Crippen LogP contribution in [0.1, 0.15) is 34.8 Å². The first-order chi connectivity index (χ1) is 13.2. The fourth-order valence-electron chi connectivity index (χ4n) is 2.72. The topological polar surface area (TPSA) is 94.3 Å². The van der Waals surface area contributed by atoms with Crippen LogP contribution >= 0.6 is 0 Å². The van der Waals surface area contributed by atoms with Gasteiger partial charge in [0.2, 0.25) is 0 Å². The fourth-order valence-corrected chi connectivity index (χ4v) is 2.72. The van der Waals surface area contributed by atoms with Crippen molar-refractivity contribution in [2.75, 3.05) is 6.54 Å². The van der Waals surface area contributed by atoms with Crippen LogP contribution in [0.25, 0.3) is 5.70 Å². The van der Waals surface area contributed by atoms with E-state index in [1.807, 2.05) is 25.1 Å². The van der Waals surface area contributed by atoms with Gasteiger partial charge >= 0.3 is 0 Å². The second kappa shape index (κ2) is 8.11. The van der Waals surface area contributed by atoms with Gasteiger partial charge in [0.15, 0.2) is 0 Å². The van der Waals surface area contributed by atoms with Crippen molar-refractivity contribution in [2.24, 2.45) is 4.99 Å². The molecule has 0 unspecified atom stereocenters. The number of rotatable bonds is 4. The van der Waals surface area contributed by atoms with E-state index in [2.05, 4.69) is 15.6 Å². The van der Waals surface area contributed by atoms with Crippen molar-refractivity contribution in [1.82, 2.24) is 10.6 Å². The van der Waals surface area contributed by atoms with Gasteiger partial charge in [-0.25, -0.2) is 4.99 Å². The average Bonchev–Trinajstić information content (AvgIpc) is 3.06. The molecule has 0 atom stereocenters. The van der Waals surface area contributed by atoms with Gasteiger partial charge in [-0.3, -0.25) is 9.59 Å². The van der Waals surface area contributed by atoms with E-state index in [1.165, 1.54) is 0 Å². The summed E-state index contributed by atoms with van der Waals surface area (Å²) in [5.74, 6) is -0.451. The summed E-state index contributed by atoms with van der Waals surface area (Å²) in [5.41, 5.74) is 2.01. The molecule has 1 aliphatic heterocycles. The van der Waals surface area contributed by atoms with Crippen molar-refractivity contribution < 1.29 is 9.59 Å². The number of amidine groups is 1. The average molecular weight is 358 g/mol. The van der Waals surface area contributed by atoms with Crippen LogP contribution in [-0.4, -0.2) is 24.2 Å². The molecule has 0 saturated heterocycles. The molecule has 0 bridgehead atoms. The van der Waals surface area contributed by atoms with E-state index in [1.54, 1.807) is 42.5 Å². The van der Waals surface area contributed by atoms with Gasteiger partial charge in [-0.15, -0.1) is 0 Å². The fraction of sp³-hybridized carbons (Fsp3) is 0.143. The van der Waals surface area contributed by atoms with Gasteiger partial charge in [0.05, 0.1) is 5.70 Å². The summed E-state index contributed by atoms with van der Waals surface area (Å²) in [6.07, 6.45) is 0.762. The number of carbonyl (C=O) groups excluding carboxylic acids is 2. The highest BCUT2D eigenvalue weighted by Gasteiger charge is 2.27. The largest absolute Gasteiger partial charge is 0.351 e. The summed E-state index contributed by atoms with van der Waals surface area (Å²) in [4.78, 5) is 29.2. The molecule has 0 aromatic heterocycles. The van der Waals surface area contributed by atoms with Crippen LogP contribution in [0.15, 0.2) is 65.2 Å². The third-order valence-corrected chi connectivity index (χ3v) is 4.04. The molecule has 3 rings (SSSR count). The smallest absolute Gasteiger partial charge is 0.264 e. The Morgan fingerprint density at radius 1 is 1.04 bits per heavy atom. The molecule has 2 aromatic rings. The Morgan fingerprint density at radius 3 is 2.37 bits per heavy atom. The lowest BCUT2D eigenvalue weighted by Crippen LogP contribution is -2.30. The van der Waals surface area contributed by atoms with Crippen molar-refractivity contribution in [3.63, 3.8) is 0 Å². The number of aliphatic imine (C=N–C) groups is 1. The van der Waals surface area contributed by atoms with Crippen LogP contribution in [0, 0.1) is 11.3 Å². The second-order valence-corrected chi connectivity index (χ2v) is 5.92. The number of nitriles is 1. The number of nitrogens with one attached hydrogen (secondary N) is 2. The zero-order chi connectivity index (χ0) is 19.2. The third kappa shape index (κ3) is 3.77. The molecule has 0 saturated carbocycles. The Balaban J connectivity index is 1.99. The van der Waals surface area contributed by atoms with Gasteiger partial charge in [0.25, 0.3) is 11.8 Å². The summed E-state index contributed by atoms with van der Waals surface area (Å²) >= 11 is 0. The molecule has 1 aliphatic rings. The molecule has 6 heteroatoms. The van der Waals surface area contributed by atoms with E-state index in [9.17, 15) is 14.9 Å². The quantitative estimate of drug-likeness (QED) is 0.650. The highest BCUT2D eigenvalue weighted by molar-refractivity contribution is 6.20. The molecule has 1 heterocycles. The monoisotopic (exact) mass is 358 g/mol. The normalized spacial score (nSPS) is 13.9. The van der Waals surface area contributed by atoms with Crippen LogP contribution in [0.4, 0.5) is 0 Å². The van der Waals surface area contributed by atoms with E-state index >= 15 is 0 Å². The predicted octanol–water partition coefficient (Wildman–Crippen LogP) is 2.64. The lowest BCUT2D eigenvalue weighted by atomic mass is 10.0. The molecule has 0 aliphatic carbocycles. The predicted molar refractivity (Wildman–Crippen MR) is 103 cm³/mol. The van der Waals surface area contributed by atoms with Gasteiger partial charge in [-0.05, 0) is 18.6 Å². The van der Waals surface area contributed by atoms with Gasteiger partial charge < -0.3 is 10.6 Å². The van der Waals surface area contributed by atoms with E-state index < -0.39 is 5.91 Å². The summed E-state index contributed by atoms with van der Waals surface area (Å²) in [5, 5.41) is 15.0. The second-order valence-electron chi connectivity index (χ2n) is 5.92. The maximum absolute atomic E-state index is 12.5. The number of carbonyl (C=O) groups is 2. The molecular formula is C21H18N4O2. The van der Waals surface area contributed by atoms with Gasteiger partial charge in [0, 0.05) is 23.2 Å². The standard InChI is InChI=1S/C21H18N4O2/c1-2-12-23-21(27)17(13-22)18-15-10-6-7-11-16(15)19(24-18)25-20(26)14-8-4-3-5-9-14/h3-11H,2,12H2,1H3,(H,23,27)(H,24,25,26)/b18-17-. The van der Waals surface area contributed by atoms with Crippen molar-refractivity contribution in [3.8, 4) is 6.07 Å². The van der Waals surface area contributed by atoms with E-state index in [0.717, 1.165) is 6.42 Å². The summed E-state index contributed by atoms with van der Waals surface area (Å²) in [7, 11) is 0. The van der Waals surface area contributed by atoms with Gasteiger partial charge in [-0.2, -0.15) is 5.26 Å². The van der Waals surface area contributed by atoms with E-state index in [-0.39, 0.29) is 17.2 Å². The Morgan fingerprint density at radius 2 is 1.70 bits per heavy atom. The summed E-state index contributed by atoms with van der Waals surface area (Å²) in [6, 6.07) is 17.9. The van der Waals surface area contributed by atoms with E-state index in [0.29, 0.717) is 29.1 Å². The first-order valence-electron chi connectivity index (χ1n) is 8.63. The molecule has 0 radical (unpaired) electrons. The number of amides is 2. The maximum atomic E-state index is 12.5. The van der Waals surface area contributed by atoms with Crippen LogP contribution in [-0.2, 0) is 4.79 Å². The lowest BCUT2D eigenvalue weighted by Gasteiger charge is -2.06. The van der Waals surface area contributed by atoms with Gasteiger partial charge in [-0.1, -0.05) is 49.4 Å². The molecule has 0 spiro atoms. The van der Waals surface area contributed by atoms with Crippen molar-refractivity contribution in [3.05, 3.63) is 76.9 Å². The first-order valence-corrected chi connectivity index (χ1v) is 8.63. The van der Waals surface area contributed by atoms with Crippen molar-refractivity contribution in [1.29, 1.82) is 5.26 Å². The highest BCUT2D eigenvalue weighted by atomic mass is 16.2. The lowest BCUT2D eigenvalue weighted by molar-refractivity contribution is -0.117. The molecule has 2 N–H and O–H groups in total. The summed E-state index contributed by atoms with van der Waals surface area (Å²) in [6.45, 7) is 2.40. The zero-order valence-electron chi connectivity index (χ0n) is 14.8. The Labute approximate surface area is 157 Å². The number of benzene rings is 2. The Hall–Kier alpha value is -3.72.